The molecule has 2 aromatic rings. The van der Waals surface area contributed by atoms with Crippen LogP contribution in [0.3, 0.4) is 0 Å². The molecule has 1 atom stereocenters. The number of hydrogen-bond donors (Lipinski definition) is 1. The van der Waals surface area contributed by atoms with Gasteiger partial charge in [-0.15, -0.1) is 0 Å². The summed E-state index contributed by atoms with van der Waals surface area (Å²) in [6.07, 6.45) is 6.68. The fourth-order valence-electron chi connectivity index (χ4n) is 4.85. The highest BCUT2D eigenvalue weighted by Crippen LogP contribution is 2.33. The third kappa shape index (κ3) is 2.91. The Bertz CT molecular complexity index is 947. The van der Waals surface area contributed by atoms with E-state index in [1.807, 2.05) is 0 Å². The summed E-state index contributed by atoms with van der Waals surface area (Å²) in [5.74, 6) is 1.11. The molecule has 0 bridgehead atoms. The first-order valence-corrected chi connectivity index (χ1v) is 10.4. The summed E-state index contributed by atoms with van der Waals surface area (Å²) in [7, 11) is 4.34. The van der Waals surface area contributed by atoms with E-state index >= 15 is 0 Å². The Kier molecular flexibility index (Phi) is 4.40. The number of fused-ring (bicyclic) bond motifs is 1. The molecular formula is C22H30N6. The van der Waals surface area contributed by atoms with E-state index < -0.39 is 0 Å². The Morgan fingerprint density at radius 3 is 2.79 bits per heavy atom. The first-order valence-electron chi connectivity index (χ1n) is 10.4. The first kappa shape index (κ1) is 17.8. The van der Waals surface area contributed by atoms with Crippen LogP contribution in [0.25, 0.3) is 11.0 Å². The average molecular weight is 379 g/mol. The standard InChI is InChI=1S/C22H30N6/c1-25-11-13-27(14-12-25)19-7-3-6-18-21(19)24-20(26(18)2)15-28-10-4-5-16-8-9-17(23)22(16)28/h3-7,17H,8-15,23H2,1-2H3. The number of nitrogens with zero attached hydrogens (tertiary/aromatic N) is 5. The number of piperazine rings is 1. The second-order valence-electron chi connectivity index (χ2n) is 8.36. The Hall–Kier alpha value is -2.31. The number of nitrogens with two attached hydrogens (primary N) is 1. The molecule has 1 saturated heterocycles. The van der Waals surface area contributed by atoms with Gasteiger partial charge in [0.15, 0.2) is 0 Å². The molecule has 1 unspecified atom stereocenters. The van der Waals surface area contributed by atoms with Gasteiger partial charge in [-0.1, -0.05) is 18.2 Å². The molecule has 148 valence electrons. The lowest BCUT2D eigenvalue weighted by Gasteiger charge is -2.34. The maximum atomic E-state index is 6.41. The van der Waals surface area contributed by atoms with Crippen molar-refractivity contribution in [3.63, 3.8) is 0 Å². The lowest BCUT2D eigenvalue weighted by atomic mass is 10.1. The van der Waals surface area contributed by atoms with E-state index in [2.05, 4.69) is 63.7 Å². The fourth-order valence-corrected chi connectivity index (χ4v) is 4.85. The second kappa shape index (κ2) is 6.94. The fraction of sp³-hybridized carbons (Fsp3) is 0.500. The number of rotatable bonds is 3. The van der Waals surface area contributed by atoms with Gasteiger partial charge in [0.1, 0.15) is 11.3 Å². The van der Waals surface area contributed by atoms with Gasteiger partial charge in [0.05, 0.1) is 17.7 Å². The molecule has 1 aliphatic carbocycles. The maximum Gasteiger partial charge on any atom is 0.129 e. The smallest absolute Gasteiger partial charge is 0.129 e. The van der Waals surface area contributed by atoms with E-state index in [1.54, 1.807) is 0 Å². The zero-order valence-corrected chi connectivity index (χ0v) is 16.9. The molecule has 1 aromatic heterocycles. The largest absolute Gasteiger partial charge is 0.367 e. The molecule has 5 rings (SSSR count). The Balaban J connectivity index is 1.47. The molecule has 28 heavy (non-hydrogen) atoms. The van der Waals surface area contributed by atoms with Gasteiger partial charge < -0.3 is 25.0 Å². The Morgan fingerprint density at radius 1 is 1.14 bits per heavy atom. The van der Waals surface area contributed by atoms with Gasteiger partial charge in [0.2, 0.25) is 0 Å². The molecule has 2 N–H and O–H groups in total. The third-order valence-corrected chi connectivity index (χ3v) is 6.55. The summed E-state index contributed by atoms with van der Waals surface area (Å²) in [5, 5.41) is 0. The van der Waals surface area contributed by atoms with Crippen LogP contribution in [0, 0.1) is 0 Å². The molecule has 1 aromatic carbocycles. The van der Waals surface area contributed by atoms with E-state index in [9.17, 15) is 0 Å². The number of likely N-dealkylation sites (N-methyl/N-ethyl adjacent to an activating group) is 1. The molecule has 6 heteroatoms. The van der Waals surface area contributed by atoms with Gasteiger partial charge in [-0.05, 0) is 37.6 Å². The van der Waals surface area contributed by atoms with Crippen molar-refractivity contribution in [1.29, 1.82) is 0 Å². The predicted molar refractivity (Wildman–Crippen MR) is 114 cm³/mol. The SMILES string of the molecule is CN1CCN(c2cccc3c2nc(CN2CC=CC4=C2C(N)CC4)n3C)CC1. The number of allylic oxidation sites excluding steroid dienone is 2. The van der Waals surface area contributed by atoms with E-state index in [1.165, 1.54) is 22.5 Å². The van der Waals surface area contributed by atoms with Crippen LogP contribution in [0.1, 0.15) is 18.7 Å². The first-order chi connectivity index (χ1) is 13.6. The van der Waals surface area contributed by atoms with Crippen LogP contribution in [0.5, 0.6) is 0 Å². The van der Waals surface area contributed by atoms with Crippen molar-refractivity contribution in [2.45, 2.75) is 25.4 Å². The second-order valence-corrected chi connectivity index (χ2v) is 8.36. The van der Waals surface area contributed by atoms with Crippen LogP contribution in [-0.4, -0.2) is 65.2 Å². The van der Waals surface area contributed by atoms with Crippen molar-refractivity contribution >= 4 is 16.7 Å². The zero-order valence-electron chi connectivity index (χ0n) is 16.9. The van der Waals surface area contributed by atoms with Gasteiger partial charge in [0.25, 0.3) is 0 Å². The summed E-state index contributed by atoms with van der Waals surface area (Å²) in [5.41, 5.74) is 12.8. The summed E-state index contributed by atoms with van der Waals surface area (Å²) >= 11 is 0. The van der Waals surface area contributed by atoms with Gasteiger partial charge in [-0.2, -0.15) is 0 Å². The molecule has 1 fully saturated rings. The molecule has 0 radical (unpaired) electrons. The van der Waals surface area contributed by atoms with Crippen LogP contribution in [0.2, 0.25) is 0 Å². The van der Waals surface area contributed by atoms with Crippen molar-refractivity contribution in [2.75, 3.05) is 44.7 Å². The number of aryl methyl sites for hydroxylation is 1. The number of benzene rings is 1. The van der Waals surface area contributed by atoms with E-state index in [0.29, 0.717) is 0 Å². The van der Waals surface area contributed by atoms with Crippen molar-refractivity contribution < 1.29 is 0 Å². The van der Waals surface area contributed by atoms with E-state index in [-0.39, 0.29) is 6.04 Å². The van der Waals surface area contributed by atoms with E-state index in [4.69, 9.17) is 10.7 Å². The number of imidazole rings is 1. The quantitative estimate of drug-likeness (QED) is 0.886. The highest BCUT2D eigenvalue weighted by molar-refractivity contribution is 5.89. The van der Waals surface area contributed by atoms with Gasteiger partial charge in [-0.3, -0.25) is 0 Å². The Morgan fingerprint density at radius 2 is 1.96 bits per heavy atom. The average Bonchev–Trinajstić information content (AvgIpc) is 3.24. The Labute approximate surface area is 166 Å². The summed E-state index contributed by atoms with van der Waals surface area (Å²) in [6.45, 7) is 6.05. The van der Waals surface area contributed by atoms with Crippen molar-refractivity contribution in [3.05, 3.63) is 47.4 Å². The summed E-state index contributed by atoms with van der Waals surface area (Å²) in [6, 6.07) is 6.74. The van der Waals surface area contributed by atoms with Gasteiger partial charge in [0, 0.05) is 51.5 Å². The minimum atomic E-state index is 0.163. The number of anilines is 1. The number of aromatic nitrogens is 2. The van der Waals surface area contributed by atoms with Crippen molar-refractivity contribution in [1.82, 2.24) is 19.4 Å². The van der Waals surface area contributed by atoms with E-state index in [0.717, 1.165) is 63.5 Å². The minimum absolute atomic E-state index is 0.163. The van der Waals surface area contributed by atoms with Crippen LogP contribution in [-0.2, 0) is 13.6 Å². The molecular weight excluding hydrogens is 348 g/mol. The van der Waals surface area contributed by atoms with Crippen molar-refractivity contribution in [3.8, 4) is 0 Å². The van der Waals surface area contributed by atoms with Crippen LogP contribution < -0.4 is 10.6 Å². The molecule has 6 nitrogen and oxygen atoms in total. The topological polar surface area (TPSA) is 53.6 Å². The summed E-state index contributed by atoms with van der Waals surface area (Å²) in [4.78, 5) is 12.4. The van der Waals surface area contributed by atoms with Crippen molar-refractivity contribution in [2.24, 2.45) is 12.8 Å². The zero-order chi connectivity index (χ0) is 19.3. The highest BCUT2D eigenvalue weighted by Gasteiger charge is 2.28. The van der Waals surface area contributed by atoms with Crippen LogP contribution in [0.4, 0.5) is 5.69 Å². The highest BCUT2D eigenvalue weighted by atomic mass is 15.3. The maximum absolute atomic E-state index is 6.41. The van der Waals surface area contributed by atoms with Crippen LogP contribution >= 0.6 is 0 Å². The molecule has 0 saturated carbocycles. The lowest BCUT2D eigenvalue weighted by molar-refractivity contribution is 0.313. The molecule has 3 heterocycles. The molecule has 0 amide bonds. The molecule has 3 aliphatic rings. The number of para-hydroxylation sites is 1. The van der Waals surface area contributed by atoms with Gasteiger partial charge in [-0.25, -0.2) is 4.98 Å². The normalized spacial score (nSPS) is 23.2. The summed E-state index contributed by atoms with van der Waals surface area (Å²) < 4.78 is 2.26. The predicted octanol–water partition coefficient (Wildman–Crippen LogP) is 2.07. The molecule has 2 aliphatic heterocycles. The third-order valence-electron chi connectivity index (χ3n) is 6.55. The van der Waals surface area contributed by atoms with Gasteiger partial charge >= 0.3 is 0 Å². The number of hydrogen-bond acceptors (Lipinski definition) is 5. The van der Waals surface area contributed by atoms with Crippen LogP contribution in [0.15, 0.2) is 41.6 Å². The minimum Gasteiger partial charge on any atom is -0.367 e. The molecule has 0 spiro atoms. The lowest BCUT2D eigenvalue weighted by Crippen LogP contribution is -2.44. The monoisotopic (exact) mass is 378 g/mol.